The molecule has 3 heteroatoms. The predicted octanol–water partition coefficient (Wildman–Crippen LogP) is 4.58. The van der Waals surface area contributed by atoms with Gasteiger partial charge in [-0.2, -0.15) is 0 Å². The van der Waals surface area contributed by atoms with Crippen LogP contribution in [0.1, 0.15) is 37.3 Å². The van der Waals surface area contributed by atoms with E-state index in [0.717, 1.165) is 19.3 Å². The third-order valence-electron chi connectivity index (χ3n) is 4.38. The Morgan fingerprint density at radius 2 is 1.42 bits per heavy atom. The van der Waals surface area contributed by atoms with Crippen LogP contribution in [-0.4, -0.2) is 28.8 Å². The summed E-state index contributed by atoms with van der Waals surface area (Å²) in [5.74, 6) is 0. The van der Waals surface area contributed by atoms with Crippen molar-refractivity contribution in [2.24, 2.45) is 0 Å². The van der Waals surface area contributed by atoms with Gasteiger partial charge >= 0.3 is 0 Å². The minimum absolute atomic E-state index is 0.171. The molecular formula is C21H28FNO. The number of alkyl halides is 1. The van der Waals surface area contributed by atoms with Crippen molar-refractivity contribution in [2.45, 2.75) is 51.4 Å². The zero-order valence-corrected chi connectivity index (χ0v) is 14.4. The van der Waals surface area contributed by atoms with Crippen molar-refractivity contribution in [3.05, 3.63) is 71.8 Å². The highest BCUT2D eigenvalue weighted by Gasteiger charge is 2.26. The first-order valence-electron chi connectivity index (χ1n) is 8.80. The van der Waals surface area contributed by atoms with E-state index in [1.54, 1.807) is 0 Å². The van der Waals surface area contributed by atoms with Crippen LogP contribution in [0.5, 0.6) is 0 Å². The molecule has 0 aromatic heterocycles. The van der Waals surface area contributed by atoms with Crippen LogP contribution in [0.15, 0.2) is 60.7 Å². The second-order valence-corrected chi connectivity index (χ2v) is 6.31. The number of hydrogen-bond donors (Lipinski definition) is 1. The fourth-order valence-electron chi connectivity index (χ4n) is 3.06. The fraction of sp³-hybridized carbons (Fsp3) is 0.429. The van der Waals surface area contributed by atoms with E-state index in [0.29, 0.717) is 13.1 Å². The molecule has 2 rings (SSSR count). The van der Waals surface area contributed by atoms with Gasteiger partial charge in [0.25, 0.3) is 0 Å². The summed E-state index contributed by atoms with van der Waals surface area (Å²) < 4.78 is 13.2. The van der Waals surface area contributed by atoms with E-state index in [9.17, 15) is 9.50 Å². The first-order chi connectivity index (χ1) is 11.7. The van der Waals surface area contributed by atoms with Crippen molar-refractivity contribution in [2.75, 3.05) is 6.67 Å². The number of halogens is 1. The van der Waals surface area contributed by atoms with Gasteiger partial charge in [0.15, 0.2) is 0 Å². The van der Waals surface area contributed by atoms with E-state index in [1.165, 1.54) is 11.1 Å². The number of aliphatic hydroxyl groups excluding tert-OH is 1. The van der Waals surface area contributed by atoms with Crippen molar-refractivity contribution >= 4 is 0 Å². The molecule has 0 saturated carbocycles. The van der Waals surface area contributed by atoms with Crippen LogP contribution in [0, 0.1) is 0 Å². The smallest absolute Gasteiger partial charge is 0.117 e. The van der Waals surface area contributed by atoms with Gasteiger partial charge in [-0.05, 0) is 17.5 Å². The quantitative estimate of drug-likeness (QED) is 0.690. The summed E-state index contributed by atoms with van der Waals surface area (Å²) in [6, 6.07) is 20.2. The predicted molar refractivity (Wildman–Crippen MR) is 97.4 cm³/mol. The lowest BCUT2D eigenvalue weighted by Gasteiger charge is -2.34. The molecule has 0 heterocycles. The molecule has 0 amide bonds. The van der Waals surface area contributed by atoms with Crippen LogP contribution < -0.4 is 0 Å². The number of aliphatic hydroxyl groups is 1. The molecule has 0 saturated heterocycles. The van der Waals surface area contributed by atoms with Crippen LogP contribution >= 0.6 is 0 Å². The molecule has 2 nitrogen and oxygen atoms in total. The summed E-state index contributed by atoms with van der Waals surface area (Å²) in [5, 5.41) is 10.3. The molecule has 1 unspecified atom stereocenters. The normalized spacial score (nSPS) is 13.8. The number of unbranched alkanes of at least 4 members (excludes halogenated alkanes) is 1. The Hall–Kier alpha value is -1.71. The maximum Gasteiger partial charge on any atom is 0.117 e. The van der Waals surface area contributed by atoms with Gasteiger partial charge in [-0.3, -0.25) is 4.90 Å². The maximum absolute atomic E-state index is 13.2. The fourth-order valence-corrected chi connectivity index (χ4v) is 3.06. The van der Waals surface area contributed by atoms with E-state index in [1.807, 2.05) is 36.4 Å². The van der Waals surface area contributed by atoms with Crippen molar-refractivity contribution in [3.8, 4) is 0 Å². The number of benzene rings is 2. The third kappa shape index (κ3) is 5.73. The molecule has 2 atom stereocenters. The van der Waals surface area contributed by atoms with Gasteiger partial charge in [-0.15, -0.1) is 0 Å². The zero-order chi connectivity index (χ0) is 17.2. The van der Waals surface area contributed by atoms with Crippen molar-refractivity contribution in [3.63, 3.8) is 0 Å². The summed E-state index contributed by atoms with van der Waals surface area (Å²) in [4.78, 5) is 2.21. The molecule has 130 valence electrons. The van der Waals surface area contributed by atoms with Crippen molar-refractivity contribution in [1.82, 2.24) is 4.90 Å². The van der Waals surface area contributed by atoms with Crippen LogP contribution in [0.2, 0.25) is 0 Å². The molecule has 0 fully saturated rings. The zero-order valence-electron chi connectivity index (χ0n) is 14.4. The minimum Gasteiger partial charge on any atom is -0.389 e. The highest BCUT2D eigenvalue weighted by Crippen LogP contribution is 2.20. The highest BCUT2D eigenvalue weighted by molar-refractivity contribution is 5.17. The molecule has 24 heavy (non-hydrogen) atoms. The second kappa shape index (κ2) is 10.2. The average Bonchev–Trinajstić information content (AvgIpc) is 2.63. The Bertz CT molecular complexity index is 519. The largest absolute Gasteiger partial charge is 0.389 e. The first kappa shape index (κ1) is 18.6. The highest BCUT2D eigenvalue weighted by atomic mass is 19.1. The molecule has 2 aromatic rings. The SMILES string of the molecule is CCCC[C@H](C(O)CF)N(Cc1ccccc1)Cc1ccccc1. The van der Waals surface area contributed by atoms with E-state index < -0.39 is 12.8 Å². The lowest BCUT2D eigenvalue weighted by Crippen LogP contribution is -2.44. The van der Waals surface area contributed by atoms with Gasteiger partial charge in [0, 0.05) is 19.1 Å². The number of nitrogens with zero attached hydrogens (tertiary/aromatic N) is 1. The Balaban J connectivity index is 2.21. The molecule has 0 bridgehead atoms. The molecular weight excluding hydrogens is 301 g/mol. The Morgan fingerprint density at radius 1 is 0.917 bits per heavy atom. The summed E-state index contributed by atoms with van der Waals surface area (Å²) in [6.45, 7) is 2.84. The Morgan fingerprint density at radius 3 is 1.83 bits per heavy atom. The van der Waals surface area contributed by atoms with Gasteiger partial charge < -0.3 is 5.11 Å². The molecule has 0 aliphatic carbocycles. The summed E-state index contributed by atoms with van der Waals surface area (Å²) >= 11 is 0. The maximum atomic E-state index is 13.2. The summed E-state index contributed by atoms with van der Waals surface area (Å²) in [5.41, 5.74) is 2.36. The molecule has 1 N–H and O–H groups in total. The molecule has 0 aliphatic rings. The van der Waals surface area contributed by atoms with Gasteiger partial charge in [0.1, 0.15) is 6.67 Å². The Labute approximate surface area is 144 Å². The third-order valence-corrected chi connectivity index (χ3v) is 4.38. The van der Waals surface area contributed by atoms with Crippen molar-refractivity contribution < 1.29 is 9.50 Å². The van der Waals surface area contributed by atoms with E-state index in [2.05, 4.69) is 36.1 Å². The van der Waals surface area contributed by atoms with E-state index in [4.69, 9.17) is 0 Å². The standard InChI is InChI=1S/C21H28FNO/c1-2-3-14-20(21(24)15-22)23(16-18-10-6-4-7-11-18)17-19-12-8-5-9-13-19/h4-13,20-21,24H,2-3,14-17H2,1H3/t20-,21?/m1/s1. The van der Waals surface area contributed by atoms with E-state index in [-0.39, 0.29) is 6.04 Å². The second-order valence-electron chi connectivity index (χ2n) is 6.31. The molecule has 0 spiro atoms. The first-order valence-corrected chi connectivity index (χ1v) is 8.80. The Kier molecular flexibility index (Phi) is 7.93. The van der Waals surface area contributed by atoms with Crippen LogP contribution in [0.3, 0.4) is 0 Å². The van der Waals surface area contributed by atoms with Gasteiger partial charge in [0.2, 0.25) is 0 Å². The van der Waals surface area contributed by atoms with Crippen LogP contribution in [-0.2, 0) is 13.1 Å². The minimum atomic E-state index is -0.941. The summed E-state index contributed by atoms with van der Waals surface area (Å²) in [6.07, 6.45) is 1.90. The molecule has 0 aliphatic heterocycles. The lowest BCUT2D eigenvalue weighted by atomic mass is 10.0. The average molecular weight is 329 g/mol. The van der Waals surface area contributed by atoms with Gasteiger partial charge in [0.05, 0.1) is 6.10 Å². The molecule has 0 radical (unpaired) electrons. The van der Waals surface area contributed by atoms with Crippen LogP contribution in [0.25, 0.3) is 0 Å². The molecule has 2 aromatic carbocycles. The number of hydrogen-bond acceptors (Lipinski definition) is 2. The monoisotopic (exact) mass is 329 g/mol. The van der Waals surface area contributed by atoms with Gasteiger partial charge in [-0.25, -0.2) is 4.39 Å². The lowest BCUT2D eigenvalue weighted by molar-refractivity contribution is 0.0188. The van der Waals surface area contributed by atoms with Crippen LogP contribution in [0.4, 0.5) is 4.39 Å². The van der Waals surface area contributed by atoms with Gasteiger partial charge in [-0.1, -0.05) is 80.4 Å². The summed E-state index contributed by atoms with van der Waals surface area (Å²) in [7, 11) is 0. The topological polar surface area (TPSA) is 23.5 Å². The van der Waals surface area contributed by atoms with Crippen molar-refractivity contribution in [1.29, 1.82) is 0 Å². The van der Waals surface area contributed by atoms with E-state index >= 15 is 0 Å². The number of rotatable bonds is 10.